The summed E-state index contributed by atoms with van der Waals surface area (Å²) in [6.45, 7) is 4.41. The molecule has 94 valence electrons. The summed E-state index contributed by atoms with van der Waals surface area (Å²) in [7, 11) is 0. The first-order chi connectivity index (χ1) is 8.09. The third-order valence-corrected chi connectivity index (χ3v) is 4.91. The Morgan fingerprint density at radius 1 is 1.35 bits per heavy atom. The van der Waals surface area contributed by atoms with E-state index in [9.17, 15) is 0 Å². The van der Waals surface area contributed by atoms with E-state index in [1.54, 1.807) is 0 Å². The quantitative estimate of drug-likeness (QED) is 0.843. The van der Waals surface area contributed by atoms with Crippen LogP contribution >= 0.6 is 27.5 Å². The summed E-state index contributed by atoms with van der Waals surface area (Å²) in [5.41, 5.74) is 1.76. The first-order valence-electron chi connectivity index (χ1n) is 6.24. The molecule has 1 aliphatic rings. The fraction of sp³-hybridized carbons (Fsp3) is 0.571. The second kappa shape index (κ2) is 5.73. The summed E-state index contributed by atoms with van der Waals surface area (Å²) in [6, 6.07) is 6.15. The smallest absolute Gasteiger partial charge is 0.0551 e. The molecule has 0 atom stereocenters. The molecule has 2 rings (SSSR count). The Morgan fingerprint density at radius 2 is 2.06 bits per heavy atom. The average molecular weight is 317 g/mol. The maximum Gasteiger partial charge on any atom is 0.0551 e. The Balaban J connectivity index is 1.83. The van der Waals surface area contributed by atoms with Crippen molar-refractivity contribution in [1.82, 2.24) is 5.32 Å². The van der Waals surface area contributed by atoms with Crippen LogP contribution in [0.15, 0.2) is 22.7 Å². The van der Waals surface area contributed by atoms with Gasteiger partial charge in [-0.3, -0.25) is 0 Å². The molecule has 1 saturated carbocycles. The van der Waals surface area contributed by atoms with Gasteiger partial charge in [0.05, 0.1) is 5.02 Å². The molecule has 0 spiro atoms. The van der Waals surface area contributed by atoms with E-state index in [0.717, 1.165) is 22.6 Å². The molecule has 0 heterocycles. The molecule has 0 amide bonds. The van der Waals surface area contributed by atoms with Crippen molar-refractivity contribution in [3.8, 4) is 0 Å². The molecule has 0 radical (unpaired) electrons. The van der Waals surface area contributed by atoms with Crippen molar-refractivity contribution in [2.75, 3.05) is 6.54 Å². The van der Waals surface area contributed by atoms with Crippen LogP contribution in [0.4, 0.5) is 0 Å². The van der Waals surface area contributed by atoms with Crippen molar-refractivity contribution in [3.63, 3.8) is 0 Å². The summed E-state index contributed by atoms with van der Waals surface area (Å²) in [4.78, 5) is 0. The van der Waals surface area contributed by atoms with Gasteiger partial charge in [0.25, 0.3) is 0 Å². The van der Waals surface area contributed by atoms with Gasteiger partial charge in [0.1, 0.15) is 0 Å². The molecule has 0 unspecified atom stereocenters. The van der Waals surface area contributed by atoms with Crippen molar-refractivity contribution in [2.45, 2.75) is 39.2 Å². The van der Waals surface area contributed by atoms with Crippen molar-refractivity contribution in [1.29, 1.82) is 0 Å². The summed E-state index contributed by atoms with van der Waals surface area (Å²) in [5, 5.41) is 4.35. The highest BCUT2D eigenvalue weighted by Crippen LogP contribution is 2.36. The monoisotopic (exact) mass is 315 g/mol. The van der Waals surface area contributed by atoms with E-state index in [2.05, 4.69) is 34.2 Å². The van der Waals surface area contributed by atoms with Gasteiger partial charge in [-0.15, -0.1) is 0 Å². The van der Waals surface area contributed by atoms with Gasteiger partial charge in [-0.1, -0.05) is 37.4 Å². The summed E-state index contributed by atoms with van der Waals surface area (Å²) in [5.74, 6) is 0. The number of hydrogen-bond donors (Lipinski definition) is 1. The lowest BCUT2D eigenvalue weighted by Gasteiger charge is -2.23. The van der Waals surface area contributed by atoms with Gasteiger partial charge < -0.3 is 5.32 Å². The summed E-state index contributed by atoms with van der Waals surface area (Å²) >= 11 is 9.48. The van der Waals surface area contributed by atoms with Crippen LogP contribution in [0.25, 0.3) is 0 Å². The number of rotatable bonds is 4. The topological polar surface area (TPSA) is 12.0 Å². The molecule has 0 bridgehead atoms. The van der Waals surface area contributed by atoms with Crippen molar-refractivity contribution < 1.29 is 0 Å². The number of halogens is 2. The minimum Gasteiger partial charge on any atom is -0.312 e. The van der Waals surface area contributed by atoms with Crippen molar-refractivity contribution >= 4 is 27.5 Å². The van der Waals surface area contributed by atoms with E-state index in [-0.39, 0.29) is 0 Å². The zero-order valence-corrected chi connectivity index (χ0v) is 12.6. The van der Waals surface area contributed by atoms with E-state index < -0.39 is 0 Å². The van der Waals surface area contributed by atoms with Crippen LogP contribution in [-0.4, -0.2) is 6.54 Å². The highest BCUT2D eigenvalue weighted by Gasteiger charge is 2.27. The lowest BCUT2D eigenvalue weighted by atomic mass is 9.89. The lowest BCUT2D eigenvalue weighted by molar-refractivity contribution is 0.314. The van der Waals surface area contributed by atoms with Gasteiger partial charge in [0.2, 0.25) is 0 Å². The first kappa shape index (κ1) is 13.4. The zero-order chi connectivity index (χ0) is 12.3. The van der Waals surface area contributed by atoms with Crippen LogP contribution in [0.1, 0.15) is 38.2 Å². The fourth-order valence-corrected chi connectivity index (χ4v) is 3.01. The minimum absolute atomic E-state index is 0.513. The predicted octanol–water partition coefficient (Wildman–Crippen LogP) is 4.77. The maximum absolute atomic E-state index is 6.07. The Bertz CT molecular complexity index is 386. The van der Waals surface area contributed by atoms with Crippen molar-refractivity contribution in [3.05, 3.63) is 33.3 Å². The summed E-state index contributed by atoms with van der Waals surface area (Å²) in [6.07, 6.45) is 5.51. The Morgan fingerprint density at radius 3 is 2.71 bits per heavy atom. The molecule has 0 aromatic heterocycles. The van der Waals surface area contributed by atoms with Gasteiger partial charge >= 0.3 is 0 Å². The SMILES string of the molecule is CC1(CNCc2ccc(Br)c(Cl)c2)CCCC1. The minimum atomic E-state index is 0.513. The van der Waals surface area contributed by atoms with Gasteiger partial charge in [0, 0.05) is 17.6 Å². The Labute approximate surface area is 117 Å². The molecular formula is C14H19BrClN. The van der Waals surface area contributed by atoms with Crippen LogP contribution in [0.5, 0.6) is 0 Å². The van der Waals surface area contributed by atoms with Gasteiger partial charge in [-0.25, -0.2) is 0 Å². The molecule has 1 aliphatic carbocycles. The molecule has 3 heteroatoms. The number of benzene rings is 1. The second-order valence-corrected chi connectivity index (χ2v) is 6.63. The second-order valence-electron chi connectivity index (χ2n) is 5.37. The first-order valence-corrected chi connectivity index (χ1v) is 7.41. The third kappa shape index (κ3) is 3.70. The largest absolute Gasteiger partial charge is 0.312 e. The van der Waals surface area contributed by atoms with Crippen LogP contribution in [-0.2, 0) is 6.54 Å². The highest BCUT2D eigenvalue weighted by molar-refractivity contribution is 9.10. The van der Waals surface area contributed by atoms with Crippen molar-refractivity contribution in [2.24, 2.45) is 5.41 Å². The van der Waals surface area contributed by atoms with E-state index in [1.165, 1.54) is 31.2 Å². The standard InChI is InChI=1S/C14H19BrClN/c1-14(6-2-3-7-14)10-17-9-11-4-5-12(15)13(16)8-11/h4-5,8,17H,2-3,6-7,9-10H2,1H3. The van der Waals surface area contributed by atoms with E-state index >= 15 is 0 Å². The summed E-state index contributed by atoms with van der Waals surface area (Å²) < 4.78 is 0.964. The molecule has 1 aromatic carbocycles. The van der Waals surface area contributed by atoms with E-state index in [1.807, 2.05) is 12.1 Å². The van der Waals surface area contributed by atoms with Crippen LogP contribution in [0.2, 0.25) is 5.02 Å². The molecule has 17 heavy (non-hydrogen) atoms. The fourth-order valence-electron chi connectivity index (χ4n) is 2.56. The van der Waals surface area contributed by atoms with Gasteiger partial charge in [0.15, 0.2) is 0 Å². The zero-order valence-electron chi connectivity index (χ0n) is 10.2. The lowest BCUT2D eigenvalue weighted by Crippen LogP contribution is -2.29. The van der Waals surface area contributed by atoms with Gasteiger partial charge in [-0.05, 0) is 51.9 Å². The van der Waals surface area contributed by atoms with E-state index in [4.69, 9.17) is 11.6 Å². The normalized spacial score (nSPS) is 18.5. The predicted molar refractivity (Wildman–Crippen MR) is 77.4 cm³/mol. The van der Waals surface area contributed by atoms with Crippen LogP contribution < -0.4 is 5.32 Å². The molecule has 0 saturated heterocycles. The molecule has 1 N–H and O–H groups in total. The Kier molecular flexibility index (Phi) is 4.51. The molecule has 0 aliphatic heterocycles. The Hall–Kier alpha value is -0.0500. The van der Waals surface area contributed by atoms with Gasteiger partial charge in [-0.2, -0.15) is 0 Å². The number of hydrogen-bond acceptors (Lipinski definition) is 1. The molecule has 1 fully saturated rings. The van der Waals surface area contributed by atoms with Crippen LogP contribution in [0.3, 0.4) is 0 Å². The van der Waals surface area contributed by atoms with Crippen LogP contribution in [0, 0.1) is 5.41 Å². The molecule has 1 aromatic rings. The van der Waals surface area contributed by atoms with E-state index in [0.29, 0.717) is 5.41 Å². The average Bonchev–Trinajstić information content (AvgIpc) is 2.71. The third-order valence-electron chi connectivity index (χ3n) is 3.68. The molecule has 1 nitrogen and oxygen atoms in total. The number of nitrogens with one attached hydrogen (secondary N) is 1. The molecular weight excluding hydrogens is 298 g/mol. The maximum atomic E-state index is 6.07. The highest BCUT2D eigenvalue weighted by atomic mass is 79.9.